The molecule has 8 heteroatoms. The Balaban J connectivity index is 1.37. The number of ether oxygens (including phenoxy) is 2. The van der Waals surface area contributed by atoms with E-state index in [0.717, 1.165) is 25.3 Å². The van der Waals surface area contributed by atoms with Crippen molar-refractivity contribution in [1.29, 1.82) is 0 Å². The molecule has 0 radical (unpaired) electrons. The highest BCUT2D eigenvalue weighted by Gasteiger charge is 2.28. The second-order valence-corrected chi connectivity index (χ2v) is 6.33. The van der Waals surface area contributed by atoms with Gasteiger partial charge >= 0.3 is 0 Å². The number of aromatic nitrogens is 3. The Morgan fingerprint density at radius 1 is 1.15 bits per heavy atom. The minimum atomic E-state index is -0.0618. The Labute approximate surface area is 151 Å². The number of nitrogens with zero attached hydrogens (tertiary/aromatic N) is 5. The van der Waals surface area contributed by atoms with E-state index >= 15 is 0 Å². The molecule has 0 aromatic carbocycles. The molecule has 0 bridgehead atoms. The summed E-state index contributed by atoms with van der Waals surface area (Å²) in [7, 11) is 0. The molecule has 136 valence electrons. The maximum atomic E-state index is 12.5. The number of hydrogen-bond acceptors (Lipinski definition) is 7. The lowest BCUT2D eigenvalue weighted by Gasteiger charge is -2.27. The molecule has 1 amide bonds. The molecule has 0 unspecified atom stereocenters. The number of amides is 1. The van der Waals surface area contributed by atoms with Crippen LogP contribution in [-0.4, -0.2) is 71.3 Å². The second kappa shape index (κ2) is 7.65. The Morgan fingerprint density at radius 3 is 2.77 bits per heavy atom. The second-order valence-electron chi connectivity index (χ2n) is 6.33. The van der Waals surface area contributed by atoms with E-state index in [9.17, 15) is 4.79 Å². The molecule has 2 aliphatic heterocycles. The molecule has 8 nitrogen and oxygen atoms in total. The van der Waals surface area contributed by atoms with Crippen molar-refractivity contribution >= 4 is 11.7 Å². The van der Waals surface area contributed by atoms with E-state index < -0.39 is 0 Å². The van der Waals surface area contributed by atoms with Crippen molar-refractivity contribution in [2.45, 2.75) is 12.5 Å². The first-order chi connectivity index (χ1) is 12.8. The van der Waals surface area contributed by atoms with Crippen molar-refractivity contribution in [3.63, 3.8) is 0 Å². The third-order valence-electron chi connectivity index (χ3n) is 4.61. The van der Waals surface area contributed by atoms with Crippen molar-refractivity contribution in [3.05, 3.63) is 42.5 Å². The van der Waals surface area contributed by atoms with Gasteiger partial charge in [0.15, 0.2) is 0 Å². The van der Waals surface area contributed by atoms with Gasteiger partial charge < -0.3 is 19.3 Å². The molecule has 0 N–H and O–H groups in total. The maximum absolute atomic E-state index is 12.5. The van der Waals surface area contributed by atoms with Crippen LogP contribution in [0.2, 0.25) is 0 Å². The zero-order valence-corrected chi connectivity index (χ0v) is 14.5. The predicted molar refractivity (Wildman–Crippen MR) is 94.2 cm³/mol. The lowest BCUT2D eigenvalue weighted by atomic mass is 10.2. The van der Waals surface area contributed by atoms with Crippen molar-refractivity contribution in [1.82, 2.24) is 19.9 Å². The van der Waals surface area contributed by atoms with E-state index in [1.165, 1.54) is 6.33 Å². The van der Waals surface area contributed by atoms with Crippen LogP contribution < -0.4 is 9.64 Å². The molecule has 2 saturated heterocycles. The summed E-state index contributed by atoms with van der Waals surface area (Å²) in [5.41, 5.74) is 0.650. The number of pyridine rings is 1. The largest absolute Gasteiger partial charge is 0.472 e. The normalized spacial score (nSPS) is 20.2. The number of carbonyl (C=O) groups is 1. The summed E-state index contributed by atoms with van der Waals surface area (Å²) in [6.07, 6.45) is 5.51. The first-order valence-corrected chi connectivity index (χ1v) is 8.80. The van der Waals surface area contributed by atoms with Crippen LogP contribution in [0.25, 0.3) is 0 Å². The molecule has 4 rings (SSSR count). The van der Waals surface area contributed by atoms with Crippen LogP contribution >= 0.6 is 0 Å². The summed E-state index contributed by atoms with van der Waals surface area (Å²) < 4.78 is 11.4. The number of hydrogen-bond donors (Lipinski definition) is 0. The van der Waals surface area contributed by atoms with Gasteiger partial charge in [0, 0.05) is 50.1 Å². The number of morpholine rings is 1. The van der Waals surface area contributed by atoms with Gasteiger partial charge in [0.25, 0.3) is 5.91 Å². The maximum Gasteiger partial charge on any atom is 0.254 e. The lowest BCUT2D eigenvalue weighted by Crippen LogP contribution is -2.36. The van der Waals surface area contributed by atoms with Gasteiger partial charge in [-0.3, -0.25) is 9.78 Å². The van der Waals surface area contributed by atoms with Crippen LogP contribution in [0.5, 0.6) is 5.88 Å². The predicted octanol–water partition coefficient (Wildman–Crippen LogP) is 1.00. The summed E-state index contributed by atoms with van der Waals surface area (Å²) in [5, 5.41) is 0. The quantitative estimate of drug-likeness (QED) is 0.809. The molecule has 2 aliphatic rings. The van der Waals surface area contributed by atoms with Gasteiger partial charge in [-0.15, -0.1) is 0 Å². The average Bonchev–Trinajstić information content (AvgIpc) is 3.17. The third-order valence-corrected chi connectivity index (χ3v) is 4.61. The molecular formula is C18H21N5O3. The minimum absolute atomic E-state index is 0.00944. The number of rotatable bonds is 4. The van der Waals surface area contributed by atoms with Crippen LogP contribution in [0, 0.1) is 0 Å². The number of likely N-dealkylation sites (tertiary alicyclic amines) is 1. The smallest absolute Gasteiger partial charge is 0.254 e. The average molecular weight is 355 g/mol. The van der Waals surface area contributed by atoms with Gasteiger partial charge in [0.2, 0.25) is 5.88 Å². The van der Waals surface area contributed by atoms with Crippen molar-refractivity contribution in [2.24, 2.45) is 0 Å². The molecule has 0 aliphatic carbocycles. The molecule has 26 heavy (non-hydrogen) atoms. The molecule has 4 heterocycles. The first kappa shape index (κ1) is 16.7. The van der Waals surface area contributed by atoms with Gasteiger partial charge in [0.05, 0.1) is 19.8 Å². The van der Waals surface area contributed by atoms with E-state index in [1.807, 2.05) is 11.0 Å². The van der Waals surface area contributed by atoms with Gasteiger partial charge in [-0.25, -0.2) is 9.97 Å². The summed E-state index contributed by atoms with van der Waals surface area (Å²) in [6.45, 7) is 4.26. The summed E-state index contributed by atoms with van der Waals surface area (Å²) in [5.74, 6) is 1.40. The summed E-state index contributed by atoms with van der Waals surface area (Å²) in [6, 6.07) is 5.32. The van der Waals surface area contributed by atoms with Gasteiger partial charge in [-0.05, 0) is 12.1 Å². The van der Waals surface area contributed by atoms with Crippen molar-refractivity contribution < 1.29 is 14.3 Å². The fourth-order valence-electron chi connectivity index (χ4n) is 3.22. The molecule has 2 aromatic rings. The fourth-order valence-corrected chi connectivity index (χ4v) is 3.22. The van der Waals surface area contributed by atoms with Crippen LogP contribution in [0.15, 0.2) is 36.9 Å². The number of anilines is 1. The van der Waals surface area contributed by atoms with E-state index in [2.05, 4.69) is 19.9 Å². The molecule has 0 saturated carbocycles. The van der Waals surface area contributed by atoms with E-state index in [1.54, 1.807) is 24.5 Å². The topological polar surface area (TPSA) is 80.7 Å². The molecule has 2 aromatic heterocycles. The first-order valence-electron chi connectivity index (χ1n) is 8.80. The van der Waals surface area contributed by atoms with E-state index in [0.29, 0.717) is 37.7 Å². The van der Waals surface area contributed by atoms with Crippen molar-refractivity contribution in [3.8, 4) is 5.88 Å². The zero-order chi connectivity index (χ0) is 17.8. The Hall–Kier alpha value is -2.74. The highest BCUT2D eigenvalue weighted by Crippen LogP contribution is 2.21. The SMILES string of the molecule is O=C(c1ccncc1)N1CC[C@H](Oc2cc(N3CCOCC3)ncn2)C1. The molecule has 1 atom stereocenters. The number of carbonyl (C=O) groups excluding carboxylic acids is 1. The Morgan fingerprint density at radius 2 is 1.96 bits per heavy atom. The van der Waals surface area contributed by atoms with Crippen LogP contribution in [0.4, 0.5) is 5.82 Å². The van der Waals surface area contributed by atoms with Gasteiger partial charge in [0.1, 0.15) is 18.2 Å². The van der Waals surface area contributed by atoms with Gasteiger partial charge in [-0.2, -0.15) is 0 Å². The van der Waals surface area contributed by atoms with Gasteiger partial charge in [-0.1, -0.05) is 0 Å². The minimum Gasteiger partial charge on any atom is -0.472 e. The zero-order valence-electron chi connectivity index (χ0n) is 14.5. The summed E-state index contributed by atoms with van der Waals surface area (Å²) in [4.78, 5) is 29.0. The van der Waals surface area contributed by atoms with Crippen LogP contribution in [-0.2, 0) is 4.74 Å². The molecule has 2 fully saturated rings. The van der Waals surface area contributed by atoms with E-state index in [4.69, 9.17) is 9.47 Å². The highest BCUT2D eigenvalue weighted by molar-refractivity contribution is 5.94. The molecular weight excluding hydrogens is 334 g/mol. The molecule has 0 spiro atoms. The fraction of sp³-hybridized carbons (Fsp3) is 0.444. The lowest BCUT2D eigenvalue weighted by molar-refractivity contribution is 0.0771. The third kappa shape index (κ3) is 3.75. The van der Waals surface area contributed by atoms with Crippen LogP contribution in [0.3, 0.4) is 0 Å². The monoisotopic (exact) mass is 355 g/mol. The summed E-state index contributed by atoms with van der Waals surface area (Å²) >= 11 is 0. The Bertz CT molecular complexity index is 752. The van der Waals surface area contributed by atoms with Crippen molar-refractivity contribution in [2.75, 3.05) is 44.3 Å². The van der Waals surface area contributed by atoms with Crippen LogP contribution in [0.1, 0.15) is 16.8 Å². The standard InChI is InChI=1S/C18H21N5O3/c24-18(14-1-4-19-5-2-14)23-6-3-15(12-23)26-17-11-16(20-13-21-17)22-7-9-25-10-8-22/h1-2,4-5,11,13,15H,3,6-10,12H2/t15-/m0/s1. The Kier molecular flexibility index (Phi) is 4.92. The highest BCUT2D eigenvalue weighted by atomic mass is 16.5. The van der Waals surface area contributed by atoms with E-state index in [-0.39, 0.29) is 12.0 Å².